The zero-order chi connectivity index (χ0) is 19.6. The van der Waals surface area contributed by atoms with Crippen molar-refractivity contribution < 1.29 is 14.6 Å². The van der Waals surface area contributed by atoms with Gasteiger partial charge in [0.2, 0.25) is 6.21 Å². The van der Waals surface area contributed by atoms with Gasteiger partial charge >= 0.3 is 0 Å². The summed E-state index contributed by atoms with van der Waals surface area (Å²) < 4.78 is 12.0. The van der Waals surface area contributed by atoms with Gasteiger partial charge in [-0.15, -0.1) is 5.10 Å². The van der Waals surface area contributed by atoms with Gasteiger partial charge in [0.1, 0.15) is 13.2 Å². The number of rotatable bonds is 8. The van der Waals surface area contributed by atoms with Crippen LogP contribution in [0.5, 0.6) is 11.5 Å². The average molecular weight is 375 g/mol. The number of benzene rings is 3. The zero-order valence-corrected chi connectivity index (χ0v) is 15.4. The molecule has 0 aromatic heterocycles. The highest BCUT2D eigenvalue weighted by Crippen LogP contribution is 2.29. The van der Waals surface area contributed by atoms with Crippen molar-refractivity contribution in [3.05, 3.63) is 95.6 Å². The zero-order valence-electron chi connectivity index (χ0n) is 15.4. The molecule has 0 aliphatic carbocycles. The molecule has 3 aromatic rings. The molecular formula is C22H23N4O2+. The molecule has 3 aromatic carbocycles. The van der Waals surface area contributed by atoms with Gasteiger partial charge in [0.25, 0.3) is 5.96 Å². The summed E-state index contributed by atoms with van der Waals surface area (Å²) in [5, 5.41) is 6.43. The molecular weight excluding hydrogens is 352 g/mol. The SMILES string of the molecule is NC(N)=N[NH+]=Cc1ccc(OCc2ccccc2)c(OCc2ccccc2)c1. The van der Waals surface area contributed by atoms with Gasteiger partial charge in [-0.05, 0) is 29.3 Å². The summed E-state index contributed by atoms with van der Waals surface area (Å²) in [5.74, 6) is 1.26. The lowest BCUT2D eigenvalue weighted by molar-refractivity contribution is -0.456. The Kier molecular flexibility index (Phi) is 6.62. The fourth-order valence-electron chi connectivity index (χ4n) is 2.50. The first kappa shape index (κ1) is 19.0. The van der Waals surface area contributed by atoms with Crippen LogP contribution in [-0.4, -0.2) is 12.2 Å². The van der Waals surface area contributed by atoms with E-state index in [1.54, 1.807) is 6.21 Å². The van der Waals surface area contributed by atoms with E-state index in [0.29, 0.717) is 24.7 Å². The maximum atomic E-state index is 6.02. The van der Waals surface area contributed by atoms with E-state index in [9.17, 15) is 0 Å². The van der Waals surface area contributed by atoms with Crippen molar-refractivity contribution in [2.24, 2.45) is 16.6 Å². The van der Waals surface area contributed by atoms with E-state index < -0.39 is 0 Å². The van der Waals surface area contributed by atoms with E-state index in [-0.39, 0.29) is 5.96 Å². The monoisotopic (exact) mass is 375 g/mol. The van der Waals surface area contributed by atoms with E-state index in [0.717, 1.165) is 16.7 Å². The van der Waals surface area contributed by atoms with Crippen LogP contribution < -0.4 is 26.0 Å². The summed E-state index contributed by atoms with van der Waals surface area (Å²) in [6, 6.07) is 25.6. The second-order valence-electron chi connectivity index (χ2n) is 6.06. The first-order chi connectivity index (χ1) is 13.7. The van der Waals surface area contributed by atoms with E-state index in [4.69, 9.17) is 20.9 Å². The molecule has 0 saturated heterocycles. The summed E-state index contributed by atoms with van der Waals surface area (Å²) >= 11 is 0. The van der Waals surface area contributed by atoms with Crippen molar-refractivity contribution in [2.45, 2.75) is 13.2 Å². The van der Waals surface area contributed by atoms with Crippen LogP contribution in [-0.2, 0) is 13.2 Å². The number of nitrogens with one attached hydrogen (secondary N) is 1. The third kappa shape index (κ3) is 5.88. The molecule has 0 saturated carbocycles. The molecule has 0 fully saturated rings. The molecule has 6 heteroatoms. The van der Waals surface area contributed by atoms with Crippen LogP contribution in [0.4, 0.5) is 0 Å². The molecule has 0 unspecified atom stereocenters. The van der Waals surface area contributed by atoms with Crippen molar-refractivity contribution in [1.82, 2.24) is 0 Å². The minimum Gasteiger partial charge on any atom is -0.485 e. The van der Waals surface area contributed by atoms with Gasteiger partial charge in [0.15, 0.2) is 11.5 Å². The average Bonchev–Trinajstić information content (AvgIpc) is 2.73. The number of hydrogen-bond donors (Lipinski definition) is 3. The van der Waals surface area contributed by atoms with Gasteiger partial charge in [-0.25, -0.2) is 0 Å². The Hall–Kier alpha value is -3.80. The number of hydrogen-bond acceptors (Lipinski definition) is 3. The predicted octanol–water partition coefficient (Wildman–Crippen LogP) is 1.53. The van der Waals surface area contributed by atoms with Crippen LogP contribution in [0.1, 0.15) is 16.7 Å². The number of guanidine groups is 1. The van der Waals surface area contributed by atoms with Crippen molar-refractivity contribution in [3.8, 4) is 11.5 Å². The standard InChI is InChI=1S/C22H22N4O2/c23-22(24)26-25-14-19-11-12-20(27-15-17-7-3-1-4-8-17)21(13-19)28-16-18-9-5-2-6-10-18/h1-14H,15-16H2,(H4,23,24,26)/p+1. The lowest BCUT2D eigenvalue weighted by atomic mass is 10.2. The number of hydrazone groups is 1. The topological polar surface area (TPSA) is 96.8 Å². The maximum absolute atomic E-state index is 6.02. The Balaban J connectivity index is 1.78. The van der Waals surface area contributed by atoms with Gasteiger partial charge in [-0.1, -0.05) is 60.7 Å². The van der Waals surface area contributed by atoms with E-state index in [2.05, 4.69) is 10.2 Å². The van der Waals surface area contributed by atoms with E-state index in [1.807, 2.05) is 78.9 Å². The Morgan fingerprint density at radius 3 is 1.93 bits per heavy atom. The fourth-order valence-corrected chi connectivity index (χ4v) is 2.50. The highest BCUT2D eigenvalue weighted by Gasteiger charge is 2.09. The third-order valence-electron chi connectivity index (χ3n) is 3.87. The predicted molar refractivity (Wildman–Crippen MR) is 110 cm³/mol. The van der Waals surface area contributed by atoms with Crippen LogP contribution in [0.2, 0.25) is 0 Å². The first-order valence-corrected chi connectivity index (χ1v) is 8.85. The second kappa shape index (κ2) is 9.78. The van der Waals surface area contributed by atoms with Crippen molar-refractivity contribution in [1.29, 1.82) is 0 Å². The van der Waals surface area contributed by atoms with Crippen LogP contribution in [0.3, 0.4) is 0 Å². The molecule has 6 nitrogen and oxygen atoms in total. The van der Waals surface area contributed by atoms with Crippen LogP contribution in [0, 0.1) is 0 Å². The Labute approximate surface area is 164 Å². The summed E-state index contributed by atoms with van der Waals surface area (Å²) in [7, 11) is 0. The highest BCUT2D eigenvalue weighted by atomic mass is 16.5. The highest BCUT2D eigenvalue weighted by molar-refractivity contribution is 5.78. The second-order valence-corrected chi connectivity index (χ2v) is 6.06. The normalized spacial score (nSPS) is 10.6. The molecule has 142 valence electrons. The van der Waals surface area contributed by atoms with Crippen molar-refractivity contribution in [2.75, 3.05) is 0 Å². The third-order valence-corrected chi connectivity index (χ3v) is 3.87. The molecule has 0 heterocycles. The quantitative estimate of drug-likeness (QED) is 0.316. The number of nitrogens with zero attached hydrogens (tertiary/aromatic N) is 1. The van der Waals surface area contributed by atoms with E-state index in [1.165, 1.54) is 0 Å². The summed E-state index contributed by atoms with van der Waals surface area (Å²) in [5.41, 5.74) is 13.6. The lowest BCUT2D eigenvalue weighted by Crippen LogP contribution is -2.63. The maximum Gasteiger partial charge on any atom is 0.256 e. The number of nitrogens with two attached hydrogens (primary N) is 2. The lowest BCUT2D eigenvalue weighted by Gasteiger charge is -2.13. The minimum absolute atomic E-state index is 0.0420. The molecule has 0 amide bonds. The molecule has 0 aliphatic heterocycles. The molecule has 0 bridgehead atoms. The fraction of sp³-hybridized carbons (Fsp3) is 0.0909. The first-order valence-electron chi connectivity index (χ1n) is 8.85. The van der Waals surface area contributed by atoms with Gasteiger partial charge in [0, 0.05) is 10.7 Å². The van der Waals surface area contributed by atoms with Crippen molar-refractivity contribution in [3.63, 3.8) is 0 Å². The summed E-state index contributed by atoms with van der Waals surface area (Å²) in [4.78, 5) is 0. The molecule has 5 N–H and O–H groups in total. The smallest absolute Gasteiger partial charge is 0.256 e. The van der Waals surface area contributed by atoms with Gasteiger partial charge in [0.05, 0.1) is 0 Å². The molecule has 28 heavy (non-hydrogen) atoms. The Morgan fingerprint density at radius 1 is 0.786 bits per heavy atom. The summed E-state index contributed by atoms with van der Waals surface area (Å²) in [6.45, 7) is 0.894. The van der Waals surface area contributed by atoms with Crippen LogP contribution in [0.25, 0.3) is 0 Å². The van der Waals surface area contributed by atoms with Gasteiger partial charge in [-0.2, -0.15) is 0 Å². The molecule has 0 atom stereocenters. The molecule has 0 radical (unpaired) electrons. The van der Waals surface area contributed by atoms with Crippen LogP contribution >= 0.6 is 0 Å². The Morgan fingerprint density at radius 2 is 1.36 bits per heavy atom. The molecule has 0 spiro atoms. The largest absolute Gasteiger partial charge is 0.485 e. The molecule has 0 aliphatic rings. The van der Waals surface area contributed by atoms with Gasteiger partial charge < -0.3 is 20.9 Å². The Bertz CT molecular complexity index is 937. The minimum atomic E-state index is -0.0420. The summed E-state index contributed by atoms with van der Waals surface area (Å²) in [6.07, 6.45) is 1.68. The van der Waals surface area contributed by atoms with E-state index >= 15 is 0 Å². The van der Waals surface area contributed by atoms with Crippen molar-refractivity contribution >= 4 is 12.2 Å². The van der Waals surface area contributed by atoms with Gasteiger partial charge in [-0.3, -0.25) is 0 Å². The number of ether oxygens (including phenoxy) is 2. The molecule has 3 rings (SSSR count). The van der Waals surface area contributed by atoms with Crippen LogP contribution in [0.15, 0.2) is 84.0 Å².